The zero-order valence-electron chi connectivity index (χ0n) is 19.7. The average Bonchev–Trinajstić information content (AvgIpc) is 3.02. The highest BCUT2D eigenvalue weighted by Gasteiger charge is 2.60. The third kappa shape index (κ3) is 3.33. The van der Waals surface area contributed by atoms with Gasteiger partial charge < -0.3 is 0 Å². The second-order valence-corrected chi connectivity index (χ2v) is 12.5. The van der Waals surface area contributed by atoms with E-state index in [4.69, 9.17) is 0 Å². The van der Waals surface area contributed by atoms with E-state index in [0.717, 1.165) is 35.5 Å². The lowest BCUT2D eigenvalue weighted by atomic mass is 9.44. The first-order valence-corrected chi connectivity index (χ1v) is 12.9. The number of fused-ring (bicyclic) bond motifs is 5. The van der Waals surface area contributed by atoms with Gasteiger partial charge in [0, 0.05) is 0 Å². The predicted octanol–water partition coefficient (Wildman–Crippen LogP) is 8.66. The van der Waals surface area contributed by atoms with Gasteiger partial charge in [-0.3, -0.25) is 0 Å². The summed E-state index contributed by atoms with van der Waals surface area (Å²) in [7, 11) is 0. The molecule has 0 saturated heterocycles. The molecule has 0 spiro atoms. The van der Waals surface area contributed by atoms with Crippen molar-refractivity contribution >= 4 is 0 Å². The van der Waals surface area contributed by atoms with Gasteiger partial charge in [-0.25, -0.2) is 0 Å². The average molecular weight is 385 g/mol. The molecule has 0 radical (unpaired) electrons. The van der Waals surface area contributed by atoms with Crippen molar-refractivity contribution in [2.45, 2.75) is 112 Å². The first kappa shape index (κ1) is 21.0. The summed E-state index contributed by atoms with van der Waals surface area (Å²) in [5, 5.41) is 0. The van der Waals surface area contributed by atoms with Crippen molar-refractivity contribution in [1.82, 2.24) is 0 Å². The van der Waals surface area contributed by atoms with Crippen molar-refractivity contribution in [3.8, 4) is 0 Å². The lowest BCUT2D eigenvalue weighted by Crippen LogP contribution is -2.53. The largest absolute Gasteiger partial charge is 0.0996 e. The zero-order valence-corrected chi connectivity index (χ0v) is 19.7. The Morgan fingerprint density at radius 1 is 0.857 bits per heavy atom. The van der Waals surface area contributed by atoms with Crippen molar-refractivity contribution < 1.29 is 0 Å². The Hall–Kier alpha value is -0.260. The van der Waals surface area contributed by atoms with Gasteiger partial charge in [0.15, 0.2) is 0 Å². The second kappa shape index (κ2) is 7.77. The maximum Gasteiger partial charge on any atom is -0.0263 e. The number of hydrogen-bond acceptors (Lipinski definition) is 0. The Bertz CT molecular complexity index is 573. The van der Waals surface area contributed by atoms with E-state index in [0.29, 0.717) is 16.7 Å². The first-order valence-electron chi connectivity index (χ1n) is 12.9. The Kier molecular flexibility index (Phi) is 5.83. The highest BCUT2D eigenvalue weighted by molar-refractivity contribution is 5.09. The van der Waals surface area contributed by atoms with E-state index < -0.39 is 0 Å². The summed E-state index contributed by atoms with van der Waals surface area (Å²) in [6.07, 6.45) is 18.0. The molecule has 28 heavy (non-hydrogen) atoms. The van der Waals surface area contributed by atoms with Crippen LogP contribution in [0.4, 0.5) is 0 Å². The van der Waals surface area contributed by atoms with Crippen LogP contribution in [-0.2, 0) is 0 Å². The van der Waals surface area contributed by atoms with Crippen LogP contribution < -0.4 is 0 Å². The summed E-state index contributed by atoms with van der Waals surface area (Å²) < 4.78 is 0. The van der Waals surface area contributed by atoms with Crippen LogP contribution in [0.15, 0.2) is 12.2 Å². The van der Waals surface area contributed by atoms with Gasteiger partial charge in [0.1, 0.15) is 0 Å². The van der Waals surface area contributed by atoms with Crippen molar-refractivity contribution in [2.24, 2.45) is 52.3 Å². The van der Waals surface area contributed by atoms with Crippen LogP contribution in [0.3, 0.4) is 0 Å². The standard InChI is InChI=1S/C28H48/c1-19(2)20(3)10-11-21(4)24-14-15-25-23-13-12-22-9-7-8-17-27(22,5)26(23)16-18-28(24,25)6/h19,21-26H,3,7-18H2,1-2,4-6H3/t21-,22?,23+,24-,25+,26+,27+,28-/m1/s1. The van der Waals surface area contributed by atoms with Crippen molar-refractivity contribution in [1.29, 1.82) is 0 Å². The lowest BCUT2D eigenvalue weighted by molar-refractivity contribution is -0.114. The summed E-state index contributed by atoms with van der Waals surface area (Å²) >= 11 is 0. The second-order valence-electron chi connectivity index (χ2n) is 12.5. The fourth-order valence-electron chi connectivity index (χ4n) is 9.17. The van der Waals surface area contributed by atoms with Gasteiger partial charge in [-0.05, 0) is 116 Å². The van der Waals surface area contributed by atoms with Crippen molar-refractivity contribution in [2.75, 3.05) is 0 Å². The van der Waals surface area contributed by atoms with E-state index in [9.17, 15) is 0 Å². The SMILES string of the molecule is C=C(CC[C@@H](C)[C@H]1CC[C@H]2[C@@H]3CCC4CCCC[C@]4(C)[C@H]3CC[C@]12C)C(C)C. The van der Waals surface area contributed by atoms with Crippen molar-refractivity contribution in [3.63, 3.8) is 0 Å². The molecule has 0 aromatic carbocycles. The van der Waals surface area contributed by atoms with E-state index in [1.165, 1.54) is 44.1 Å². The van der Waals surface area contributed by atoms with Gasteiger partial charge in [0.2, 0.25) is 0 Å². The van der Waals surface area contributed by atoms with Gasteiger partial charge in [-0.1, -0.05) is 59.6 Å². The summed E-state index contributed by atoms with van der Waals surface area (Å²) in [6.45, 7) is 17.0. The Labute approximate surface area is 176 Å². The number of allylic oxidation sites excluding steroid dienone is 1. The highest BCUT2D eigenvalue weighted by atomic mass is 14.6. The number of hydrogen-bond donors (Lipinski definition) is 0. The maximum absolute atomic E-state index is 4.35. The fourth-order valence-corrected chi connectivity index (χ4v) is 9.17. The molecular weight excluding hydrogens is 336 g/mol. The Balaban J connectivity index is 1.47. The third-order valence-corrected chi connectivity index (χ3v) is 11.1. The van der Waals surface area contributed by atoms with E-state index in [-0.39, 0.29) is 0 Å². The molecule has 8 atom stereocenters. The molecule has 4 aliphatic carbocycles. The molecule has 0 nitrogen and oxygen atoms in total. The smallest absolute Gasteiger partial charge is 0.0263 e. The molecule has 4 fully saturated rings. The first-order chi connectivity index (χ1) is 13.3. The molecule has 1 unspecified atom stereocenters. The molecule has 0 N–H and O–H groups in total. The summed E-state index contributed by atoms with van der Waals surface area (Å²) in [4.78, 5) is 0. The van der Waals surface area contributed by atoms with Crippen LogP contribution in [0.2, 0.25) is 0 Å². The molecule has 0 aromatic heterocycles. The zero-order chi connectivity index (χ0) is 20.1. The molecule has 160 valence electrons. The molecule has 0 heterocycles. The van der Waals surface area contributed by atoms with Crippen LogP contribution in [0.25, 0.3) is 0 Å². The maximum atomic E-state index is 4.35. The summed E-state index contributed by atoms with van der Waals surface area (Å²) in [5.74, 6) is 6.71. The topological polar surface area (TPSA) is 0 Å². The fraction of sp³-hybridized carbons (Fsp3) is 0.929. The molecule has 4 rings (SSSR count). The Morgan fingerprint density at radius 3 is 2.36 bits per heavy atom. The van der Waals surface area contributed by atoms with E-state index in [2.05, 4.69) is 41.2 Å². The molecular formula is C28H48. The summed E-state index contributed by atoms with van der Waals surface area (Å²) in [6, 6.07) is 0. The molecule has 4 aliphatic rings. The van der Waals surface area contributed by atoms with Crippen molar-refractivity contribution in [3.05, 3.63) is 12.2 Å². The van der Waals surface area contributed by atoms with Gasteiger partial charge in [-0.15, -0.1) is 0 Å². The minimum Gasteiger partial charge on any atom is -0.0996 e. The van der Waals surface area contributed by atoms with E-state index in [1.54, 1.807) is 38.5 Å². The van der Waals surface area contributed by atoms with Crippen LogP contribution in [-0.4, -0.2) is 0 Å². The normalized spacial score (nSPS) is 46.6. The van der Waals surface area contributed by atoms with E-state index in [1.807, 2.05) is 0 Å². The van der Waals surface area contributed by atoms with Gasteiger partial charge >= 0.3 is 0 Å². The van der Waals surface area contributed by atoms with Crippen LogP contribution >= 0.6 is 0 Å². The van der Waals surface area contributed by atoms with Gasteiger partial charge in [-0.2, -0.15) is 0 Å². The monoisotopic (exact) mass is 384 g/mol. The van der Waals surface area contributed by atoms with Crippen LogP contribution in [0, 0.1) is 52.3 Å². The minimum absolute atomic E-state index is 0.637. The molecule has 0 aromatic rings. The third-order valence-electron chi connectivity index (χ3n) is 11.1. The molecule has 0 heteroatoms. The highest BCUT2D eigenvalue weighted by Crippen LogP contribution is 2.68. The lowest BCUT2D eigenvalue weighted by Gasteiger charge is -2.61. The predicted molar refractivity (Wildman–Crippen MR) is 122 cm³/mol. The quantitative estimate of drug-likeness (QED) is 0.416. The van der Waals surface area contributed by atoms with Crippen LogP contribution in [0.5, 0.6) is 0 Å². The van der Waals surface area contributed by atoms with Gasteiger partial charge in [0.25, 0.3) is 0 Å². The Morgan fingerprint density at radius 2 is 1.61 bits per heavy atom. The minimum atomic E-state index is 0.637. The molecule has 4 saturated carbocycles. The number of rotatable bonds is 5. The molecule has 0 aliphatic heterocycles. The molecule has 0 amide bonds. The molecule has 0 bridgehead atoms. The van der Waals surface area contributed by atoms with Gasteiger partial charge in [0.05, 0.1) is 0 Å². The van der Waals surface area contributed by atoms with Crippen LogP contribution in [0.1, 0.15) is 112 Å². The summed E-state index contributed by atoms with van der Waals surface area (Å²) in [5.41, 5.74) is 2.80. The van der Waals surface area contributed by atoms with E-state index >= 15 is 0 Å².